The van der Waals surface area contributed by atoms with Gasteiger partial charge in [0.25, 0.3) is 0 Å². The second-order valence-corrected chi connectivity index (χ2v) is 5.11. The number of benzene rings is 1. The number of phenols is 1. The maximum absolute atomic E-state index is 10.2. The molecule has 1 rings (SSSR count). The Hall–Kier alpha value is -1.06. The summed E-state index contributed by atoms with van der Waals surface area (Å²) in [6.07, 6.45) is 1.51. The Morgan fingerprint density at radius 2 is 1.61 bits per heavy atom. The van der Waals surface area contributed by atoms with E-state index in [1.165, 1.54) is 0 Å². The normalized spacial score (nSPS) is 11.8. The number of aliphatic hydroxyl groups is 1. The van der Waals surface area contributed by atoms with Crippen molar-refractivity contribution < 1.29 is 10.2 Å². The number of nitrogens with one attached hydrogen (secondary N) is 1. The molecule has 0 saturated heterocycles. The Balaban J connectivity index is 2.60. The van der Waals surface area contributed by atoms with Gasteiger partial charge in [-0.1, -0.05) is 26.0 Å². The first-order chi connectivity index (χ1) is 8.41. The van der Waals surface area contributed by atoms with Gasteiger partial charge < -0.3 is 15.5 Å². The highest BCUT2D eigenvalue weighted by atomic mass is 16.3. The minimum absolute atomic E-state index is 0.373. The van der Waals surface area contributed by atoms with Crippen molar-refractivity contribution in [1.82, 2.24) is 5.32 Å². The van der Waals surface area contributed by atoms with E-state index < -0.39 is 5.60 Å². The van der Waals surface area contributed by atoms with Gasteiger partial charge in [-0.3, -0.25) is 0 Å². The lowest BCUT2D eigenvalue weighted by Crippen LogP contribution is -2.39. The fourth-order valence-electron chi connectivity index (χ4n) is 2.09. The molecular formula is C15H25NO2. The van der Waals surface area contributed by atoms with E-state index in [0.29, 0.717) is 18.8 Å². The van der Waals surface area contributed by atoms with E-state index in [1.54, 1.807) is 0 Å². The van der Waals surface area contributed by atoms with E-state index >= 15 is 0 Å². The molecular weight excluding hydrogens is 226 g/mol. The summed E-state index contributed by atoms with van der Waals surface area (Å²) in [5.74, 6) is 0.373. The molecule has 0 amide bonds. The molecule has 1 aromatic rings. The summed E-state index contributed by atoms with van der Waals surface area (Å²) in [4.78, 5) is 0. The fraction of sp³-hybridized carbons (Fsp3) is 0.600. The summed E-state index contributed by atoms with van der Waals surface area (Å²) < 4.78 is 0. The molecule has 0 saturated carbocycles. The second-order valence-electron chi connectivity index (χ2n) is 5.11. The van der Waals surface area contributed by atoms with Gasteiger partial charge in [0.1, 0.15) is 5.75 Å². The summed E-state index contributed by atoms with van der Waals surface area (Å²) in [7, 11) is 0. The van der Waals surface area contributed by atoms with E-state index in [2.05, 4.69) is 5.32 Å². The molecule has 0 bridgehead atoms. The van der Waals surface area contributed by atoms with Crippen LogP contribution in [-0.4, -0.2) is 22.4 Å². The van der Waals surface area contributed by atoms with Gasteiger partial charge in [0.15, 0.2) is 0 Å². The van der Waals surface area contributed by atoms with Gasteiger partial charge in [-0.25, -0.2) is 0 Å². The molecule has 0 heterocycles. The standard InChI is InChI=1S/C15H25NO2/c1-5-15(18,6-2)10-16-9-13-7-11(3)14(17)12(4)8-13/h7-8,16-18H,5-6,9-10H2,1-4H3. The molecule has 0 aromatic heterocycles. The number of phenolic OH excluding ortho intramolecular Hbond substituents is 1. The van der Waals surface area contributed by atoms with Crippen LogP contribution in [0.3, 0.4) is 0 Å². The molecule has 3 nitrogen and oxygen atoms in total. The summed E-state index contributed by atoms with van der Waals surface area (Å²) in [5.41, 5.74) is 2.32. The van der Waals surface area contributed by atoms with E-state index in [9.17, 15) is 10.2 Å². The molecule has 0 aliphatic heterocycles. The van der Waals surface area contributed by atoms with Crippen molar-refractivity contribution in [3.8, 4) is 5.75 Å². The highest BCUT2D eigenvalue weighted by Gasteiger charge is 2.21. The van der Waals surface area contributed by atoms with Crippen molar-refractivity contribution in [2.24, 2.45) is 0 Å². The van der Waals surface area contributed by atoms with Crippen LogP contribution in [0.15, 0.2) is 12.1 Å². The molecule has 1 aromatic carbocycles. The van der Waals surface area contributed by atoms with Crippen LogP contribution in [-0.2, 0) is 6.54 Å². The molecule has 3 N–H and O–H groups in total. The summed E-state index contributed by atoms with van der Waals surface area (Å²) in [5, 5.41) is 23.1. The maximum atomic E-state index is 10.2. The van der Waals surface area contributed by atoms with Gasteiger partial charge in [-0.15, -0.1) is 0 Å². The Morgan fingerprint density at radius 3 is 2.06 bits per heavy atom. The zero-order valence-electron chi connectivity index (χ0n) is 11.9. The minimum Gasteiger partial charge on any atom is -0.507 e. The number of aryl methyl sites for hydroxylation is 2. The van der Waals surface area contributed by atoms with E-state index in [4.69, 9.17) is 0 Å². The molecule has 0 radical (unpaired) electrons. The van der Waals surface area contributed by atoms with Crippen molar-refractivity contribution in [1.29, 1.82) is 0 Å². The molecule has 0 aliphatic rings. The van der Waals surface area contributed by atoms with Crippen molar-refractivity contribution in [2.75, 3.05) is 6.54 Å². The number of rotatable bonds is 6. The molecule has 0 spiro atoms. The second kappa shape index (κ2) is 6.21. The topological polar surface area (TPSA) is 52.5 Å². The van der Waals surface area contributed by atoms with Gasteiger partial charge in [0.2, 0.25) is 0 Å². The number of hydrogen-bond acceptors (Lipinski definition) is 3. The highest BCUT2D eigenvalue weighted by molar-refractivity contribution is 5.42. The third-order valence-corrected chi connectivity index (χ3v) is 3.65. The van der Waals surface area contributed by atoms with Crippen LogP contribution >= 0.6 is 0 Å². The zero-order chi connectivity index (χ0) is 13.8. The van der Waals surface area contributed by atoms with Crippen LogP contribution in [0, 0.1) is 13.8 Å². The third kappa shape index (κ3) is 3.72. The summed E-state index contributed by atoms with van der Waals surface area (Å²) in [6.45, 7) is 9.11. The zero-order valence-corrected chi connectivity index (χ0v) is 11.9. The van der Waals surface area contributed by atoms with Crippen LogP contribution in [0.25, 0.3) is 0 Å². The smallest absolute Gasteiger partial charge is 0.121 e. The third-order valence-electron chi connectivity index (χ3n) is 3.65. The van der Waals surface area contributed by atoms with Gasteiger partial charge in [-0.05, 0) is 43.4 Å². The largest absolute Gasteiger partial charge is 0.507 e. The molecule has 3 heteroatoms. The minimum atomic E-state index is -0.610. The summed E-state index contributed by atoms with van der Waals surface area (Å²) in [6, 6.07) is 3.96. The van der Waals surface area contributed by atoms with Crippen LogP contribution in [0.5, 0.6) is 5.75 Å². The van der Waals surface area contributed by atoms with Gasteiger partial charge in [0, 0.05) is 13.1 Å². The average Bonchev–Trinajstić information content (AvgIpc) is 2.35. The van der Waals surface area contributed by atoms with Crippen LogP contribution < -0.4 is 5.32 Å². The quantitative estimate of drug-likeness (QED) is 0.728. The SMILES string of the molecule is CCC(O)(CC)CNCc1cc(C)c(O)c(C)c1. The van der Waals surface area contributed by atoms with E-state index in [-0.39, 0.29) is 0 Å². The first kappa shape index (κ1) is 15.0. The Bertz CT molecular complexity index is 374. The van der Waals surface area contributed by atoms with Crippen molar-refractivity contribution in [2.45, 2.75) is 52.7 Å². The molecule has 102 valence electrons. The molecule has 0 aliphatic carbocycles. The number of hydrogen-bond donors (Lipinski definition) is 3. The predicted molar refractivity (Wildman–Crippen MR) is 74.8 cm³/mol. The Morgan fingerprint density at radius 1 is 1.11 bits per heavy atom. The Kier molecular flexibility index (Phi) is 5.17. The monoisotopic (exact) mass is 251 g/mol. The lowest BCUT2D eigenvalue weighted by atomic mass is 9.97. The summed E-state index contributed by atoms with van der Waals surface area (Å²) >= 11 is 0. The van der Waals surface area contributed by atoms with Gasteiger partial charge in [0.05, 0.1) is 5.60 Å². The average molecular weight is 251 g/mol. The first-order valence-electron chi connectivity index (χ1n) is 6.64. The first-order valence-corrected chi connectivity index (χ1v) is 6.64. The lowest BCUT2D eigenvalue weighted by Gasteiger charge is -2.25. The molecule has 0 unspecified atom stereocenters. The van der Waals surface area contributed by atoms with Crippen LogP contribution in [0.2, 0.25) is 0 Å². The van der Waals surface area contributed by atoms with E-state index in [1.807, 2.05) is 39.8 Å². The van der Waals surface area contributed by atoms with Crippen molar-refractivity contribution in [3.05, 3.63) is 28.8 Å². The molecule has 0 fully saturated rings. The van der Waals surface area contributed by atoms with Crippen LogP contribution in [0.1, 0.15) is 43.4 Å². The molecule has 0 atom stereocenters. The lowest BCUT2D eigenvalue weighted by molar-refractivity contribution is 0.0323. The fourth-order valence-corrected chi connectivity index (χ4v) is 2.09. The number of aromatic hydroxyl groups is 1. The Labute approximate surface area is 110 Å². The predicted octanol–water partition coefficient (Wildman–Crippen LogP) is 2.65. The maximum Gasteiger partial charge on any atom is 0.121 e. The van der Waals surface area contributed by atoms with E-state index in [0.717, 1.165) is 29.5 Å². The van der Waals surface area contributed by atoms with Crippen molar-refractivity contribution in [3.63, 3.8) is 0 Å². The highest BCUT2D eigenvalue weighted by Crippen LogP contribution is 2.23. The van der Waals surface area contributed by atoms with Gasteiger partial charge >= 0.3 is 0 Å². The van der Waals surface area contributed by atoms with Crippen LogP contribution in [0.4, 0.5) is 0 Å². The molecule has 18 heavy (non-hydrogen) atoms. The van der Waals surface area contributed by atoms with Crippen molar-refractivity contribution >= 4 is 0 Å². The van der Waals surface area contributed by atoms with Gasteiger partial charge in [-0.2, -0.15) is 0 Å².